The Morgan fingerprint density at radius 2 is 2.14 bits per heavy atom. The minimum absolute atomic E-state index is 0.0672. The maximum absolute atomic E-state index is 12.7. The molecule has 4 atom stereocenters. The van der Waals surface area contributed by atoms with E-state index in [9.17, 15) is 4.79 Å². The SMILES string of the molecule is COc1cc2c(cc1NC(=O)[C@H]1CCCN1)C[C@H]1C3CCCC[C@@]23CCN1C. The summed E-state index contributed by atoms with van der Waals surface area (Å²) in [4.78, 5) is 15.3. The van der Waals surface area contributed by atoms with Crippen LogP contribution in [0.15, 0.2) is 12.1 Å². The molecule has 2 bridgehead atoms. The van der Waals surface area contributed by atoms with E-state index in [1.54, 1.807) is 7.11 Å². The smallest absolute Gasteiger partial charge is 0.241 e. The average Bonchev–Trinajstić information content (AvgIpc) is 3.25. The van der Waals surface area contributed by atoms with Crippen LogP contribution in [0.2, 0.25) is 0 Å². The summed E-state index contributed by atoms with van der Waals surface area (Å²) in [6.45, 7) is 2.12. The van der Waals surface area contributed by atoms with Crippen molar-refractivity contribution in [3.63, 3.8) is 0 Å². The Bertz CT molecular complexity index is 773. The maximum Gasteiger partial charge on any atom is 0.241 e. The second kappa shape index (κ2) is 7.03. The number of piperidine rings is 1. The molecule has 5 rings (SSSR count). The maximum atomic E-state index is 12.7. The van der Waals surface area contributed by atoms with E-state index in [0.29, 0.717) is 11.5 Å². The van der Waals surface area contributed by atoms with Crippen molar-refractivity contribution in [3.05, 3.63) is 23.3 Å². The number of carbonyl (C=O) groups excluding carboxylic acids is 1. The predicted octanol–water partition coefficient (Wildman–Crippen LogP) is 3.07. The number of hydrogen-bond donors (Lipinski definition) is 2. The van der Waals surface area contributed by atoms with E-state index < -0.39 is 0 Å². The molecule has 2 saturated heterocycles. The second-order valence-electron chi connectivity index (χ2n) is 9.36. The van der Waals surface area contributed by atoms with E-state index >= 15 is 0 Å². The molecule has 5 heteroatoms. The number of rotatable bonds is 3. The highest BCUT2D eigenvalue weighted by atomic mass is 16.5. The molecule has 1 amide bonds. The normalized spacial score (nSPS) is 34.4. The molecule has 2 N–H and O–H groups in total. The highest BCUT2D eigenvalue weighted by molar-refractivity contribution is 5.96. The lowest BCUT2D eigenvalue weighted by atomic mass is 9.52. The Morgan fingerprint density at radius 3 is 2.93 bits per heavy atom. The van der Waals surface area contributed by atoms with Crippen molar-refractivity contribution in [2.24, 2.45) is 5.92 Å². The number of benzene rings is 1. The number of methoxy groups -OCH3 is 1. The van der Waals surface area contributed by atoms with Gasteiger partial charge in [-0.3, -0.25) is 4.79 Å². The van der Waals surface area contributed by atoms with Gasteiger partial charge in [0.1, 0.15) is 5.75 Å². The zero-order valence-corrected chi connectivity index (χ0v) is 17.2. The summed E-state index contributed by atoms with van der Waals surface area (Å²) in [5, 5.41) is 6.45. The van der Waals surface area contributed by atoms with Crippen LogP contribution in [0.4, 0.5) is 5.69 Å². The number of amides is 1. The van der Waals surface area contributed by atoms with Gasteiger partial charge in [0, 0.05) is 11.5 Å². The van der Waals surface area contributed by atoms with Crippen LogP contribution in [0.1, 0.15) is 56.1 Å². The van der Waals surface area contributed by atoms with Gasteiger partial charge in [0.25, 0.3) is 0 Å². The molecular weight excluding hydrogens is 350 g/mol. The summed E-state index contributed by atoms with van der Waals surface area (Å²) < 4.78 is 5.76. The molecule has 152 valence electrons. The van der Waals surface area contributed by atoms with Gasteiger partial charge in [-0.25, -0.2) is 0 Å². The Kier molecular flexibility index (Phi) is 4.63. The van der Waals surface area contributed by atoms with Gasteiger partial charge in [0.2, 0.25) is 5.91 Å². The van der Waals surface area contributed by atoms with Crippen LogP contribution in [0.3, 0.4) is 0 Å². The predicted molar refractivity (Wildman–Crippen MR) is 111 cm³/mol. The van der Waals surface area contributed by atoms with Gasteiger partial charge in [-0.05, 0) is 87.8 Å². The molecule has 2 aliphatic carbocycles. The lowest BCUT2D eigenvalue weighted by molar-refractivity contribution is -0.117. The van der Waals surface area contributed by atoms with Crippen molar-refractivity contribution in [2.75, 3.05) is 32.6 Å². The molecule has 28 heavy (non-hydrogen) atoms. The molecule has 1 aromatic rings. The zero-order valence-electron chi connectivity index (χ0n) is 17.2. The van der Waals surface area contributed by atoms with Crippen molar-refractivity contribution in [3.8, 4) is 5.75 Å². The standard InChI is InChI=1S/C23H33N3O2/c1-26-11-9-23-8-4-3-6-16(23)20(26)13-15-12-19(21(28-2)14-17(15)23)25-22(27)18-7-5-10-24-18/h12,14,16,18,20,24H,3-11,13H2,1-2H3,(H,25,27)/t16?,18-,20+,23+/m1/s1. The molecule has 0 spiro atoms. The fourth-order valence-electron chi connectivity index (χ4n) is 6.63. The Hall–Kier alpha value is -1.59. The molecule has 1 unspecified atom stereocenters. The van der Waals surface area contributed by atoms with Crippen molar-refractivity contribution in [1.29, 1.82) is 0 Å². The van der Waals surface area contributed by atoms with Crippen LogP contribution in [0.25, 0.3) is 0 Å². The van der Waals surface area contributed by atoms with Gasteiger partial charge in [-0.1, -0.05) is 12.8 Å². The van der Waals surface area contributed by atoms with Gasteiger partial charge in [0.05, 0.1) is 18.8 Å². The van der Waals surface area contributed by atoms with Crippen LogP contribution in [-0.4, -0.2) is 50.1 Å². The van der Waals surface area contributed by atoms with Crippen LogP contribution < -0.4 is 15.4 Å². The summed E-state index contributed by atoms with van der Waals surface area (Å²) >= 11 is 0. The lowest BCUT2D eigenvalue weighted by Crippen LogP contribution is -2.59. The largest absolute Gasteiger partial charge is 0.495 e. The zero-order chi connectivity index (χ0) is 19.3. The molecule has 3 fully saturated rings. The fraction of sp³-hybridized carbons (Fsp3) is 0.696. The van der Waals surface area contributed by atoms with E-state index in [4.69, 9.17) is 4.74 Å². The monoisotopic (exact) mass is 383 g/mol. The van der Waals surface area contributed by atoms with Crippen molar-refractivity contribution >= 4 is 11.6 Å². The van der Waals surface area contributed by atoms with E-state index in [0.717, 1.165) is 43.2 Å². The van der Waals surface area contributed by atoms with Gasteiger partial charge in [-0.15, -0.1) is 0 Å². The summed E-state index contributed by atoms with van der Waals surface area (Å²) in [6, 6.07) is 5.05. The quantitative estimate of drug-likeness (QED) is 0.842. The number of nitrogens with one attached hydrogen (secondary N) is 2. The van der Waals surface area contributed by atoms with E-state index in [-0.39, 0.29) is 11.9 Å². The molecule has 0 aromatic heterocycles. The first-order chi connectivity index (χ1) is 13.6. The van der Waals surface area contributed by atoms with Gasteiger partial charge in [0.15, 0.2) is 0 Å². The summed E-state index contributed by atoms with van der Waals surface area (Å²) in [5.74, 6) is 1.65. The van der Waals surface area contributed by atoms with E-state index in [2.05, 4.69) is 34.7 Å². The minimum atomic E-state index is -0.0763. The Labute approximate surface area is 168 Å². The molecule has 0 radical (unpaired) electrons. The molecule has 2 heterocycles. The summed E-state index contributed by atoms with van der Waals surface area (Å²) in [7, 11) is 4.02. The number of anilines is 1. The first-order valence-electron chi connectivity index (χ1n) is 11.1. The molecule has 1 aromatic carbocycles. The first kappa shape index (κ1) is 18.4. The number of fused-ring (bicyclic) bond motifs is 1. The van der Waals surface area contributed by atoms with Crippen LogP contribution in [0.5, 0.6) is 5.75 Å². The number of carbonyl (C=O) groups is 1. The van der Waals surface area contributed by atoms with Crippen LogP contribution in [0, 0.1) is 5.92 Å². The molecule has 2 aliphatic heterocycles. The Morgan fingerprint density at radius 1 is 1.25 bits per heavy atom. The third-order valence-corrected chi connectivity index (χ3v) is 8.06. The van der Waals surface area contributed by atoms with Crippen molar-refractivity contribution in [1.82, 2.24) is 10.2 Å². The van der Waals surface area contributed by atoms with Gasteiger partial charge in [-0.2, -0.15) is 0 Å². The minimum Gasteiger partial charge on any atom is -0.495 e. The third kappa shape index (κ3) is 2.78. The molecule has 4 aliphatic rings. The number of nitrogens with zero attached hydrogens (tertiary/aromatic N) is 1. The number of ether oxygens (including phenoxy) is 1. The number of likely N-dealkylation sites (tertiary alicyclic amines) is 1. The molecular formula is C23H33N3O2. The highest BCUT2D eigenvalue weighted by Crippen LogP contribution is 2.56. The van der Waals surface area contributed by atoms with E-state index in [1.807, 2.05) is 0 Å². The van der Waals surface area contributed by atoms with Gasteiger partial charge >= 0.3 is 0 Å². The third-order valence-electron chi connectivity index (χ3n) is 8.06. The van der Waals surface area contributed by atoms with Crippen molar-refractivity contribution < 1.29 is 9.53 Å². The van der Waals surface area contributed by atoms with Crippen LogP contribution in [-0.2, 0) is 16.6 Å². The van der Waals surface area contributed by atoms with Crippen LogP contribution >= 0.6 is 0 Å². The topological polar surface area (TPSA) is 53.6 Å². The molecule has 1 saturated carbocycles. The van der Waals surface area contributed by atoms with Crippen molar-refractivity contribution in [2.45, 2.75) is 68.9 Å². The second-order valence-corrected chi connectivity index (χ2v) is 9.36. The number of likely N-dealkylation sites (N-methyl/N-ethyl adjacent to an activating group) is 1. The molecule has 5 nitrogen and oxygen atoms in total. The fourth-order valence-corrected chi connectivity index (χ4v) is 6.63. The first-order valence-corrected chi connectivity index (χ1v) is 11.1. The highest BCUT2D eigenvalue weighted by Gasteiger charge is 2.53. The Balaban J connectivity index is 1.53. The summed E-state index contributed by atoms with van der Waals surface area (Å²) in [5.41, 5.74) is 4.08. The van der Waals surface area contributed by atoms with Gasteiger partial charge < -0.3 is 20.3 Å². The lowest BCUT2D eigenvalue weighted by Gasteiger charge is -2.58. The summed E-state index contributed by atoms with van der Waals surface area (Å²) in [6.07, 6.45) is 9.67. The van der Waals surface area contributed by atoms with E-state index in [1.165, 1.54) is 49.8 Å². The number of hydrogen-bond acceptors (Lipinski definition) is 4. The average molecular weight is 384 g/mol.